The zero-order valence-electron chi connectivity index (χ0n) is 14.5. The maximum atomic E-state index is 9.62. The van der Waals surface area contributed by atoms with Crippen LogP contribution in [0.15, 0.2) is 30.3 Å². The van der Waals surface area contributed by atoms with Gasteiger partial charge in [0.25, 0.3) is 0 Å². The van der Waals surface area contributed by atoms with Crippen LogP contribution in [0.25, 0.3) is 11.6 Å². The zero-order valence-corrected chi connectivity index (χ0v) is 16.7. The molecule has 0 spiro atoms. The first-order valence-electron chi connectivity index (χ1n) is 8.27. The maximum Gasteiger partial charge on any atom is 0.231 e. The Labute approximate surface area is 166 Å². The summed E-state index contributed by atoms with van der Waals surface area (Å²) in [5.74, 6) is 2.75. The van der Waals surface area contributed by atoms with E-state index in [0.29, 0.717) is 36.0 Å². The van der Waals surface area contributed by atoms with Crippen LogP contribution >= 0.6 is 22.6 Å². The van der Waals surface area contributed by atoms with Crippen LogP contribution in [0.5, 0.6) is 23.0 Å². The van der Waals surface area contributed by atoms with Crippen LogP contribution in [0.3, 0.4) is 0 Å². The van der Waals surface area contributed by atoms with Crippen LogP contribution in [-0.4, -0.2) is 20.0 Å². The third-order valence-corrected chi connectivity index (χ3v) is 4.54. The van der Waals surface area contributed by atoms with Crippen molar-refractivity contribution in [1.29, 1.82) is 5.26 Å². The number of nitrogens with zero attached hydrogens (tertiary/aromatic N) is 1. The summed E-state index contributed by atoms with van der Waals surface area (Å²) in [6.07, 6.45) is 1.83. The SMILES string of the molecule is CCOc1cc(/C=C(/C#N)c2ccc3c(c2)OCO3)cc(I)c1OCC. The fraction of sp³-hybridized carbons (Fsp3) is 0.250. The molecule has 1 heterocycles. The average molecular weight is 463 g/mol. The van der Waals surface area contributed by atoms with E-state index in [-0.39, 0.29) is 6.79 Å². The molecule has 0 aliphatic carbocycles. The van der Waals surface area contributed by atoms with Gasteiger partial charge in [0.15, 0.2) is 23.0 Å². The first-order chi connectivity index (χ1) is 12.7. The Kier molecular flexibility index (Phi) is 5.89. The highest BCUT2D eigenvalue weighted by molar-refractivity contribution is 14.1. The minimum atomic E-state index is 0.208. The van der Waals surface area contributed by atoms with Crippen molar-refractivity contribution in [2.24, 2.45) is 0 Å². The van der Waals surface area contributed by atoms with Crippen molar-refractivity contribution in [2.45, 2.75) is 13.8 Å². The Hall–Kier alpha value is -2.40. The molecule has 0 fully saturated rings. The van der Waals surface area contributed by atoms with Crippen molar-refractivity contribution in [3.63, 3.8) is 0 Å². The van der Waals surface area contributed by atoms with Gasteiger partial charge in [0, 0.05) is 0 Å². The van der Waals surface area contributed by atoms with E-state index in [4.69, 9.17) is 18.9 Å². The van der Waals surface area contributed by atoms with E-state index in [1.807, 2.05) is 50.3 Å². The van der Waals surface area contributed by atoms with E-state index in [0.717, 1.165) is 20.4 Å². The lowest BCUT2D eigenvalue weighted by atomic mass is 10.0. The van der Waals surface area contributed by atoms with Crippen LogP contribution in [0.4, 0.5) is 0 Å². The van der Waals surface area contributed by atoms with E-state index >= 15 is 0 Å². The van der Waals surface area contributed by atoms with E-state index < -0.39 is 0 Å². The summed E-state index contributed by atoms with van der Waals surface area (Å²) < 4.78 is 23.1. The highest BCUT2D eigenvalue weighted by Crippen LogP contribution is 2.37. The molecule has 1 aliphatic rings. The molecule has 0 N–H and O–H groups in total. The van der Waals surface area contributed by atoms with E-state index in [9.17, 15) is 5.26 Å². The summed E-state index contributed by atoms with van der Waals surface area (Å²) in [6, 6.07) is 11.6. The van der Waals surface area contributed by atoms with Gasteiger partial charge in [-0.15, -0.1) is 0 Å². The van der Waals surface area contributed by atoms with Crippen molar-refractivity contribution < 1.29 is 18.9 Å². The second kappa shape index (κ2) is 8.32. The molecule has 5 nitrogen and oxygen atoms in total. The van der Waals surface area contributed by atoms with Crippen LogP contribution in [0, 0.1) is 14.9 Å². The van der Waals surface area contributed by atoms with Crippen LogP contribution in [0.2, 0.25) is 0 Å². The number of halogens is 1. The fourth-order valence-corrected chi connectivity index (χ4v) is 3.41. The molecule has 0 atom stereocenters. The number of benzene rings is 2. The Morgan fingerprint density at radius 3 is 2.65 bits per heavy atom. The molecule has 2 aromatic carbocycles. The van der Waals surface area contributed by atoms with Crippen LogP contribution in [0.1, 0.15) is 25.0 Å². The number of ether oxygens (including phenoxy) is 4. The van der Waals surface area contributed by atoms with Gasteiger partial charge < -0.3 is 18.9 Å². The quantitative estimate of drug-likeness (QED) is 0.347. The first-order valence-corrected chi connectivity index (χ1v) is 9.35. The smallest absolute Gasteiger partial charge is 0.231 e. The normalized spacial score (nSPS) is 12.6. The Morgan fingerprint density at radius 2 is 1.92 bits per heavy atom. The topological polar surface area (TPSA) is 60.7 Å². The van der Waals surface area contributed by atoms with Gasteiger partial charge in [0.1, 0.15) is 0 Å². The number of rotatable bonds is 6. The lowest BCUT2D eigenvalue weighted by molar-refractivity contribution is 0.174. The van der Waals surface area contributed by atoms with Gasteiger partial charge in [-0.05, 0) is 84.0 Å². The monoisotopic (exact) mass is 463 g/mol. The average Bonchev–Trinajstić information content (AvgIpc) is 3.10. The molecule has 6 heteroatoms. The first kappa shape index (κ1) is 18.4. The van der Waals surface area contributed by atoms with Crippen molar-refractivity contribution in [3.05, 3.63) is 45.0 Å². The largest absolute Gasteiger partial charge is 0.490 e. The summed E-state index contributed by atoms with van der Waals surface area (Å²) in [6.45, 7) is 5.17. The molecular formula is C20H18INO4. The summed E-state index contributed by atoms with van der Waals surface area (Å²) in [4.78, 5) is 0. The second-order valence-corrected chi connectivity index (χ2v) is 6.60. The van der Waals surface area contributed by atoms with Gasteiger partial charge in [-0.2, -0.15) is 5.26 Å². The molecule has 0 amide bonds. The number of hydrogen-bond donors (Lipinski definition) is 0. The van der Waals surface area contributed by atoms with E-state index in [1.165, 1.54) is 0 Å². The number of fused-ring (bicyclic) bond motifs is 1. The Morgan fingerprint density at radius 1 is 1.15 bits per heavy atom. The third-order valence-electron chi connectivity index (χ3n) is 3.74. The predicted octanol–water partition coefficient (Wildman–Crippen LogP) is 4.88. The van der Waals surface area contributed by atoms with Crippen molar-refractivity contribution in [3.8, 4) is 29.1 Å². The number of nitriles is 1. The van der Waals surface area contributed by atoms with Gasteiger partial charge in [0.2, 0.25) is 6.79 Å². The third kappa shape index (κ3) is 3.88. The molecule has 2 aromatic rings. The zero-order chi connectivity index (χ0) is 18.5. The highest BCUT2D eigenvalue weighted by Gasteiger charge is 2.16. The van der Waals surface area contributed by atoms with Gasteiger partial charge >= 0.3 is 0 Å². The lowest BCUT2D eigenvalue weighted by Crippen LogP contribution is -2.00. The summed E-state index contributed by atoms with van der Waals surface area (Å²) in [5.41, 5.74) is 2.18. The Balaban J connectivity index is 2.00. The van der Waals surface area contributed by atoms with Gasteiger partial charge in [-0.3, -0.25) is 0 Å². The lowest BCUT2D eigenvalue weighted by Gasteiger charge is -2.13. The number of hydrogen-bond acceptors (Lipinski definition) is 5. The maximum absolute atomic E-state index is 9.62. The summed E-state index contributed by atoms with van der Waals surface area (Å²) in [7, 11) is 0. The van der Waals surface area contributed by atoms with Crippen molar-refractivity contribution in [1.82, 2.24) is 0 Å². The van der Waals surface area contributed by atoms with E-state index in [2.05, 4.69) is 28.7 Å². The molecule has 0 saturated heterocycles. The molecule has 1 aliphatic heterocycles. The molecule has 0 aromatic heterocycles. The summed E-state index contributed by atoms with van der Waals surface area (Å²) in [5, 5.41) is 9.62. The van der Waals surface area contributed by atoms with Crippen molar-refractivity contribution >= 4 is 34.2 Å². The predicted molar refractivity (Wildman–Crippen MR) is 108 cm³/mol. The van der Waals surface area contributed by atoms with Crippen LogP contribution in [-0.2, 0) is 0 Å². The standard InChI is InChI=1S/C20H18INO4/c1-3-23-19-9-13(8-16(21)20(19)24-4-2)7-15(11-22)14-5-6-17-18(10-14)26-12-25-17/h5-10H,3-4,12H2,1-2H3/b15-7-. The minimum absolute atomic E-state index is 0.208. The molecule has 26 heavy (non-hydrogen) atoms. The van der Waals surface area contributed by atoms with Crippen molar-refractivity contribution in [2.75, 3.05) is 20.0 Å². The van der Waals surface area contributed by atoms with Gasteiger partial charge in [-0.1, -0.05) is 0 Å². The molecule has 0 saturated carbocycles. The summed E-state index contributed by atoms with van der Waals surface area (Å²) >= 11 is 2.22. The molecule has 134 valence electrons. The molecule has 0 bridgehead atoms. The second-order valence-electron chi connectivity index (χ2n) is 5.43. The minimum Gasteiger partial charge on any atom is -0.490 e. The number of allylic oxidation sites excluding steroid dienone is 1. The molecule has 0 unspecified atom stereocenters. The van der Waals surface area contributed by atoms with Crippen LogP contribution < -0.4 is 18.9 Å². The molecule has 3 rings (SSSR count). The highest BCUT2D eigenvalue weighted by atomic mass is 127. The van der Waals surface area contributed by atoms with Gasteiger partial charge in [-0.25, -0.2) is 0 Å². The molecule has 0 radical (unpaired) electrons. The fourth-order valence-electron chi connectivity index (χ4n) is 2.63. The molecular weight excluding hydrogens is 445 g/mol. The van der Waals surface area contributed by atoms with Gasteiger partial charge in [0.05, 0.1) is 28.4 Å². The van der Waals surface area contributed by atoms with E-state index in [1.54, 1.807) is 0 Å². The Bertz CT molecular complexity index is 886.